The Bertz CT molecular complexity index is 571. The number of unbranched alkanes of at least 4 members (excludes halogenated alkanes) is 1. The van der Waals surface area contributed by atoms with E-state index in [2.05, 4.69) is 4.90 Å². The molecular formula is C19H23N3O. The van der Waals surface area contributed by atoms with E-state index in [4.69, 9.17) is 15.3 Å². The zero-order chi connectivity index (χ0) is 16.3. The van der Waals surface area contributed by atoms with Gasteiger partial charge in [-0.3, -0.25) is 0 Å². The molecule has 2 rings (SSSR count). The van der Waals surface area contributed by atoms with Crippen LogP contribution in [0, 0.1) is 22.7 Å². The van der Waals surface area contributed by atoms with Gasteiger partial charge in [0.05, 0.1) is 6.61 Å². The Balaban J connectivity index is 1.67. The number of likely N-dealkylation sites (tertiary alicyclic amines) is 1. The quantitative estimate of drug-likeness (QED) is 0.568. The van der Waals surface area contributed by atoms with Crippen molar-refractivity contribution in [2.75, 3.05) is 26.2 Å². The monoisotopic (exact) mass is 309 g/mol. The van der Waals surface area contributed by atoms with Gasteiger partial charge in [0.25, 0.3) is 0 Å². The standard InChI is InChI=1S/C19H23N3O/c20-15-18(16-21)14-17-6-8-19(9-7-17)23-13-5-4-12-22-10-2-1-3-11-22/h6-9,14H,1-5,10-13H2. The lowest BCUT2D eigenvalue weighted by Gasteiger charge is -2.26. The van der Waals surface area contributed by atoms with E-state index < -0.39 is 0 Å². The van der Waals surface area contributed by atoms with Gasteiger partial charge in [0.1, 0.15) is 23.5 Å². The van der Waals surface area contributed by atoms with Crippen LogP contribution < -0.4 is 4.74 Å². The Morgan fingerprint density at radius 3 is 2.39 bits per heavy atom. The number of piperidine rings is 1. The summed E-state index contributed by atoms with van der Waals surface area (Å²) in [6, 6.07) is 11.2. The normalized spacial score (nSPS) is 14.5. The summed E-state index contributed by atoms with van der Waals surface area (Å²) >= 11 is 0. The summed E-state index contributed by atoms with van der Waals surface area (Å²) in [6.45, 7) is 4.41. The Morgan fingerprint density at radius 2 is 1.74 bits per heavy atom. The second-order valence-corrected chi connectivity index (χ2v) is 5.81. The third-order valence-electron chi connectivity index (χ3n) is 4.02. The van der Waals surface area contributed by atoms with Crippen LogP contribution in [0.5, 0.6) is 5.75 Å². The van der Waals surface area contributed by atoms with Crippen LogP contribution in [0.1, 0.15) is 37.7 Å². The second-order valence-electron chi connectivity index (χ2n) is 5.81. The first-order valence-corrected chi connectivity index (χ1v) is 8.29. The first kappa shape index (κ1) is 17.1. The molecule has 1 aliphatic rings. The fraction of sp³-hybridized carbons (Fsp3) is 0.474. The number of ether oxygens (including phenoxy) is 1. The minimum absolute atomic E-state index is 0.108. The van der Waals surface area contributed by atoms with Crippen LogP contribution in [-0.4, -0.2) is 31.1 Å². The topological polar surface area (TPSA) is 60.1 Å². The number of hydrogen-bond acceptors (Lipinski definition) is 4. The Morgan fingerprint density at radius 1 is 1.04 bits per heavy atom. The van der Waals surface area contributed by atoms with Gasteiger partial charge >= 0.3 is 0 Å². The minimum atomic E-state index is 0.108. The molecule has 4 nitrogen and oxygen atoms in total. The Labute approximate surface area is 138 Å². The van der Waals surface area contributed by atoms with Crippen molar-refractivity contribution in [2.45, 2.75) is 32.1 Å². The van der Waals surface area contributed by atoms with Gasteiger partial charge < -0.3 is 9.64 Å². The molecule has 1 saturated heterocycles. The van der Waals surface area contributed by atoms with Crippen molar-refractivity contribution in [2.24, 2.45) is 0 Å². The van der Waals surface area contributed by atoms with Crippen molar-refractivity contribution in [1.29, 1.82) is 10.5 Å². The van der Waals surface area contributed by atoms with E-state index in [1.165, 1.54) is 45.3 Å². The first-order valence-electron chi connectivity index (χ1n) is 8.29. The van der Waals surface area contributed by atoms with E-state index in [9.17, 15) is 0 Å². The van der Waals surface area contributed by atoms with Crippen LogP contribution in [0.4, 0.5) is 0 Å². The van der Waals surface area contributed by atoms with E-state index in [0.29, 0.717) is 0 Å². The number of benzene rings is 1. The zero-order valence-electron chi connectivity index (χ0n) is 13.5. The molecule has 0 saturated carbocycles. The van der Waals surface area contributed by atoms with Gasteiger partial charge in [-0.15, -0.1) is 0 Å². The number of nitriles is 2. The molecule has 0 amide bonds. The fourth-order valence-electron chi connectivity index (χ4n) is 2.73. The van der Waals surface area contributed by atoms with E-state index in [0.717, 1.165) is 24.3 Å². The van der Waals surface area contributed by atoms with E-state index in [1.807, 2.05) is 36.4 Å². The van der Waals surface area contributed by atoms with Crippen molar-refractivity contribution in [3.8, 4) is 17.9 Å². The van der Waals surface area contributed by atoms with Crippen LogP contribution in [-0.2, 0) is 0 Å². The molecule has 0 spiro atoms. The predicted octanol–water partition coefficient (Wildman–Crippen LogP) is 3.76. The molecular weight excluding hydrogens is 286 g/mol. The van der Waals surface area contributed by atoms with Gasteiger partial charge in [-0.1, -0.05) is 18.6 Å². The smallest absolute Gasteiger partial charge is 0.130 e. The average Bonchev–Trinajstić information content (AvgIpc) is 2.61. The highest BCUT2D eigenvalue weighted by molar-refractivity contribution is 5.62. The van der Waals surface area contributed by atoms with E-state index in [1.54, 1.807) is 6.08 Å². The fourth-order valence-corrected chi connectivity index (χ4v) is 2.73. The molecule has 0 bridgehead atoms. The Hall–Kier alpha value is -2.30. The van der Waals surface area contributed by atoms with Gasteiger partial charge in [0.2, 0.25) is 0 Å². The van der Waals surface area contributed by atoms with Crippen LogP contribution in [0.2, 0.25) is 0 Å². The zero-order valence-corrected chi connectivity index (χ0v) is 13.5. The van der Waals surface area contributed by atoms with Crippen LogP contribution >= 0.6 is 0 Å². The van der Waals surface area contributed by atoms with Crippen LogP contribution in [0.15, 0.2) is 29.8 Å². The van der Waals surface area contributed by atoms with Crippen molar-refractivity contribution >= 4 is 6.08 Å². The summed E-state index contributed by atoms with van der Waals surface area (Å²) in [5.74, 6) is 0.829. The molecule has 120 valence electrons. The average molecular weight is 309 g/mol. The van der Waals surface area contributed by atoms with Crippen LogP contribution in [0.25, 0.3) is 6.08 Å². The second kappa shape index (κ2) is 9.66. The highest BCUT2D eigenvalue weighted by Gasteiger charge is 2.08. The third kappa shape index (κ3) is 6.14. The van der Waals surface area contributed by atoms with E-state index in [-0.39, 0.29) is 5.57 Å². The lowest BCUT2D eigenvalue weighted by Crippen LogP contribution is -2.30. The summed E-state index contributed by atoms with van der Waals surface area (Å²) in [5, 5.41) is 17.5. The number of hydrogen-bond donors (Lipinski definition) is 0. The van der Waals surface area contributed by atoms with Crippen LogP contribution in [0.3, 0.4) is 0 Å². The molecule has 1 fully saturated rings. The summed E-state index contributed by atoms with van der Waals surface area (Å²) < 4.78 is 5.74. The van der Waals surface area contributed by atoms with Gasteiger partial charge in [-0.2, -0.15) is 10.5 Å². The highest BCUT2D eigenvalue weighted by Crippen LogP contribution is 2.15. The minimum Gasteiger partial charge on any atom is -0.494 e. The molecule has 1 aliphatic heterocycles. The van der Waals surface area contributed by atoms with Gasteiger partial charge in [-0.05, 0) is 69.1 Å². The molecule has 1 heterocycles. The molecule has 0 radical (unpaired) electrons. The molecule has 0 atom stereocenters. The largest absolute Gasteiger partial charge is 0.494 e. The maximum Gasteiger partial charge on any atom is 0.130 e. The molecule has 0 aromatic heterocycles. The lowest BCUT2D eigenvalue weighted by molar-refractivity contribution is 0.216. The first-order chi connectivity index (χ1) is 11.3. The maximum absolute atomic E-state index is 8.73. The van der Waals surface area contributed by atoms with Crippen molar-refractivity contribution in [3.05, 3.63) is 35.4 Å². The van der Waals surface area contributed by atoms with Gasteiger partial charge in [0.15, 0.2) is 0 Å². The molecule has 0 N–H and O–H groups in total. The van der Waals surface area contributed by atoms with Crippen molar-refractivity contribution in [1.82, 2.24) is 4.90 Å². The van der Waals surface area contributed by atoms with Gasteiger partial charge in [0, 0.05) is 0 Å². The SMILES string of the molecule is N#CC(C#N)=Cc1ccc(OCCCCN2CCCCC2)cc1. The number of nitrogens with zero attached hydrogens (tertiary/aromatic N) is 3. The number of allylic oxidation sites excluding steroid dienone is 1. The predicted molar refractivity (Wildman–Crippen MR) is 90.7 cm³/mol. The molecule has 4 heteroatoms. The molecule has 1 aromatic carbocycles. The maximum atomic E-state index is 8.73. The van der Waals surface area contributed by atoms with Crippen molar-refractivity contribution < 1.29 is 4.74 Å². The highest BCUT2D eigenvalue weighted by atomic mass is 16.5. The molecule has 0 unspecified atom stereocenters. The summed E-state index contributed by atoms with van der Waals surface area (Å²) in [6.07, 6.45) is 7.88. The molecule has 0 aliphatic carbocycles. The molecule has 23 heavy (non-hydrogen) atoms. The lowest BCUT2D eigenvalue weighted by atomic mass is 10.1. The van der Waals surface area contributed by atoms with Gasteiger partial charge in [-0.25, -0.2) is 0 Å². The summed E-state index contributed by atoms with van der Waals surface area (Å²) in [7, 11) is 0. The summed E-state index contributed by atoms with van der Waals surface area (Å²) in [5.41, 5.74) is 0.942. The summed E-state index contributed by atoms with van der Waals surface area (Å²) in [4.78, 5) is 2.55. The van der Waals surface area contributed by atoms with E-state index >= 15 is 0 Å². The third-order valence-corrected chi connectivity index (χ3v) is 4.02. The van der Waals surface area contributed by atoms with Crippen molar-refractivity contribution in [3.63, 3.8) is 0 Å². The molecule has 1 aromatic rings. The Kier molecular flexibility index (Phi) is 7.17. The number of rotatable bonds is 7.